The summed E-state index contributed by atoms with van der Waals surface area (Å²) in [6, 6.07) is 4.85. The number of halogens is 3. The molecule has 4 heteroatoms. The van der Waals surface area contributed by atoms with Crippen molar-refractivity contribution in [3.8, 4) is 0 Å². The SMILES string of the molecule is CC(C)(C)c1ccc(C(O)C(F)(F)F)c(C(C)(C)C)c1. The van der Waals surface area contributed by atoms with E-state index < -0.39 is 17.7 Å². The number of rotatable bonds is 1. The molecule has 0 heterocycles. The summed E-state index contributed by atoms with van der Waals surface area (Å²) in [4.78, 5) is 0. The van der Waals surface area contributed by atoms with Gasteiger partial charge in [0.1, 0.15) is 0 Å². The van der Waals surface area contributed by atoms with E-state index in [1.807, 2.05) is 41.5 Å². The molecule has 0 aliphatic heterocycles. The van der Waals surface area contributed by atoms with Gasteiger partial charge in [0.2, 0.25) is 0 Å². The van der Waals surface area contributed by atoms with Crippen LogP contribution in [0.2, 0.25) is 0 Å². The van der Waals surface area contributed by atoms with Crippen LogP contribution in [0.4, 0.5) is 13.2 Å². The summed E-state index contributed by atoms with van der Waals surface area (Å²) < 4.78 is 38.4. The normalized spacial score (nSPS) is 15.3. The molecule has 1 nitrogen and oxygen atoms in total. The Bertz CT molecular complexity index is 476. The lowest BCUT2D eigenvalue weighted by molar-refractivity contribution is -0.207. The van der Waals surface area contributed by atoms with Crippen molar-refractivity contribution < 1.29 is 18.3 Å². The monoisotopic (exact) mass is 288 g/mol. The molecule has 0 aromatic heterocycles. The van der Waals surface area contributed by atoms with Gasteiger partial charge in [-0.25, -0.2) is 0 Å². The molecule has 1 N–H and O–H groups in total. The molecule has 0 saturated heterocycles. The Labute approximate surface area is 118 Å². The zero-order chi connectivity index (χ0) is 15.9. The lowest BCUT2D eigenvalue weighted by Gasteiger charge is -2.29. The number of hydrogen-bond donors (Lipinski definition) is 1. The highest BCUT2D eigenvalue weighted by molar-refractivity contribution is 5.40. The summed E-state index contributed by atoms with van der Waals surface area (Å²) in [5.41, 5.74) is 0.818. The molecule has 0 saturated carbocycles. The molecule has 114 valence electrons. The van der Waals surface area contributed by atoms with E-state index in [-0.39, 0.29) is 11.0 Å². The Hall–Kier alpha value is -1.03. The maximum atomic E-state index is 12.8. The van der Waals surface area contributed by atoms with Crippen LogP contribution in [0.5, 0.6) is 0 Å². The van der Waals surface area contributed by atoms with Gasteiger partial charge >= 0.3 is 6.18 Å². The zero-order valence-corrected chi connectivity index (χ0v) is 12.9. The van der Waals surface area contributed by atoms with Crippen LogP contribution in [0.3, 0.4) is 0 Å². The molecule has 1 aromatic rings. The van der Waals surface area contributed by atoms with Gasteiger partial charge in [-0.1, -0.05) is 59.7 Å². The minimum Gasteiger partial charge on any atom is -0.379 e. The van der Waals surface area contributed by atoms with Gasteiger partial charge < -0.3 is 5.11 Å². The first-order valence-electron chi connectivity index (χ1n) is 6.64. The van der Waals surface area contributed by atoms with Gasteiger partial charge in [0.15, 0.2) is 6.10 Å². The summed E-state index contributed by atoms with van der Waals surface area (Å²) in [5.74, 6) is 0. The predicted octanol–water partition coefficient (Wildman–Crippen LogP) is 4.88. The summed E-state index contributed by atoms with van der Waals surface area (Å²) in [6.45, 7) is 11.6. The van der Waals surface area contributed by atoms with Crippen molar-refractivity contribution in [2.75, 3.05) is 0 Å². The Morgan fingerprint density at radius 3 is 1.75 bits per heavy atom. The van der Waals surface area contributed by atoms with Crippen LogP contribution < -0.4 is 0 Å². The molecule has 0 fully saturated rings. The summed E-state index contributed by atoms with van der Waals surface area (Å²) in [6.07, 6.45) is -7.09. The highest BCUT2D eigenvalue weighted by Gasteiger charge is 2.41. The van der Waals surface area contributed by atoms with E-state index in [2.05, 4.69) is 0 Å². The second-order valence-electron chi connectivity index (χ2n) is 7.25. The van der Waals surface area contributed by atoms with Gasteiger partial charge in [0, 0.05) is 0 Å². The number of benzene rings is 1. The first-order valence-corrected chi connectivity index (χ1v) is 6.64. The van der Waals surface area contributed by atoms with Crippen LogP contribution in [0.25, 0.3) is 0 Å². The maximum Gasteiger partial charge on any atom is 0.418 e. The molecule has 20 heavy (non-hydrogen) atoms. The molecule has 1 unspecified atom stereocenters. The van der Waals surface area contributed by atoms with Gasteiger partial charge in [-0.2, -0.15) is 13.2 Å². The average Bonchev–Trinajstić information content (AvgIpc) is 2.23. The third-order valence-corrected chi connectivity index (χ3v) is 3.33. The maximum absolute atomic E-state index is 12.8. The summed E-state index contributed by atoms with van der Waals surface area (Å²) in [5, 5.41) is 9.57. The molecule has 1 aromatic carbocycles. The number of aliphatic hydroxyl groups excluding tert-OH is 1. The highest BCUT2D eigenvalue weighted by Crippen LogP contribution is 2.39. The predicted molar refractivity (Wildman–Crippen MR) is 74.9 cm³/mol. The lowest BCUT2D eigenvalue weighted by Crippen LogP contribution is -2.26. The third-order valence-electron chi connectivity index (χ3n) is 3.33. The van der Waals surface area contributed by atoms with Gasteiger partial charge in [-0.15, -0.1) is 0 Å². The molecule has 1 atom stereocenters. The van der Waals surface area contributed by atoms with E-state index in [0.717, 1.165) is 5.56 Å². The first-order chi connectivity index (χ1) is 8.74. The molecule has 0 aliphatic carbocycles. The van der Waals surface area contributed by atoms with Crippen LogP contribution in [-0.4, -0.2) is 11.3 Å². The fourth-order valence-electron chi connectivity index (χ4n) is 2.09. The molecule has 1 rings (SSSR count). The van der Waals surface area contributed by atoms with Crippen LogP contribution in [-0.2, 0) is 10.8 Å². The topological polar surface area (TPSA) is 20.2 Å². The van der Waals surface area contributed by atoms with Crippen LogP contribution in [0.1, 0.15) is 64.3 Å². The van der Waals surface area contributed by atoms with E-state index >= 15 is 0 Å². The largest absolute Gasteiger partial charge is 0.418 e. The van der Waals surface area contributed by atoms with Crippen LogP contribution in [0, 0.1) is 0 Å². The smallest absolute Gasteiger partial charge is 0.379 e. The Balaban J connectivity index is 3.48. The van der Waals surface area contributed by atoms with Crippen molar-refractivity contribution in [1.82, 2.24) is 0 Å². The third kappa shape index (κ3) is 3.75. The molecular formula is C16H23F3O. The van der Waals surface area contributed by atoms with Gasteiger partial charge in [0.25, 0.3) is 0 Å². The second-order valence-corrected chi connectivity index (χ2v) is 7.25. The molecule has 0 radical (unpaired) electrons. The van der Waals surface area contributed by atoms with Crippen molar-refractivity contribution in [2.45, 2.75) is 64.7 Å². The highest BCUT2D eigenvalue weighted by atomic mass is 19.4. The lowest BCUT2D eigenvalue weighted by atomic mass is 9.77. The Kier molecular flexibility index (Phi) is 4.31. The van der Waals surface area contributed by atoms with E-state index in [1.54, 1.807) is 12.1 Å². The van der Waals surface area contributed by atoms with E-state index in [4.69, 9.17) is 0 Å². The molecule has 0 amide bonds. The van der Waals surface area contributed by atoms with E-state index in [9.17, 15) is 18.3 Å². The number of alkyl halides is 3. The van der Waals surface area contributed by atoms with Gasteiger partial charge in [-0.3, -0.25) is 0 Å². The molecule has 0 bridgehead atoms. The van der Waals surface area contributed by atoms with Crippen molar-refractivity contribution >= 4 is 0 Å². The molecule has 0 spiro atoms. The molecular weight excluding hydrogens is 265 g/mol. The number of aliphatic hydroxyl groups is 1. The second kappa shape index (κ2) is 5.06. The number of hydrogen-bond acceptors (Lipinski definition) is 1. The van der Waals surface area contributed by atoms with Crippen molar-refractivity contribution in [2.24, 2.45) is 0 Å². The van der Waals surface area contributed by atoms with Crippen molar-refractivity contribution in [3.63, 3.8) is 0 Å². The van der Waals surface area contributed by atoms with Crippen molar-refractivity contribution in [3.05, 3.63) is 34.9 Å². The Morgan fingerprint density at radius 2 is 1.40 bits per heavy atom. The van der Waals surface area contributed by atoms with E-state index in [0.29, 0.717) is 5.56 Å². The van der Waals surface area contributed by atoms with Crippen LogP contribution >= 0.6 is 0 Å². The zero-order valence-electron chi connectivity index (χ0n) is 12.9. The standard InChI is InChI=1S/C16H23F3O/c1-14(2,3)10-7-8-11(13(20)16(17,18)19)12(9-10)15(4,5)6/h7-9,13,20H,1-6H3. The van der Waals surface area contributed by atoms with Crippen molar-refractivity contribution in [1.29, 1.82) is 0 Å². The van der Waals surface area contributed by atoms with Crippen LogP contribution in [0.15, 0.2) is 18.2 Å². The van der Waals surface area contributed by atoms with Gasteiger partial charge in [-0.05, 0) is 27.5 Å². The summed E-state index contributed by atoms with van der Waals surface area (Å²) in [7, 11) is 0. The summed E-state index contributed by atoms with van der Waals surface area (Å²) >= 11 is 0. The fourth-order valence-corrected chi connectivity index (χ4v) is 2.09. The minimum absolute atomic E-state index is 0.0574. The fraction of sp³-hybridized carbons (Fsp3) is 0.625. The van der Waals surface area contributed by atoms with Gasteiger partial charge in [0.05, 0.1) is 0 Å². The minimum atomic E-state index is -4.65. The van der Waals surface area contributed by atoms with E-state index in [1.165, 1.54) is 6.07 Å². The molecule has 0 aliphatic rings. The Morgan fingerprint density at radius 1 is 0.900 bits per heavy atom. The quantitative estimate of drug-likeness (QED) is 0.781. The first kappa shape index (κ1) is 17.0. The average molecular weight is 288 g/mol.